The Morgan fingerprint density at radius 3 is 2.86 bits per heavy atom. The lowest BCUT2D eigenvalue weighted by Gasteiger charge is -2.09. The summed E-state index contributed by atoms with van der Waals surface area (Å²) in [6.07, 6.45) is 1.76. The van der Waals surface area contributed by atoms with Gasteiger partial charge in [-0.15, -0.1) is 0 Å². The van der Waals surface area contributed by atoms with Crippen LogP contribution in [0.4, 0.5) is 11.5 Å². The van der Waals surface area contributed by atoms with Crippen LogP contribution in [0.25, 0.3) is 11.2 Å². The second-order valence-corrected chi connectivity index (χ2v) is 5.70. The molecule has 0 amide bonds. The number of hydrogen-bond acceptors (Lipinski definition) is 5. The second-order valence-electron chi connectivity index (χ2n) is 5.36. The Morgan fingerprint density at radius 1 is 1.32 bits per heavy atom. The second kappa shape index (κ2) is 5.81. The van der Waals surface area contributed by atoms with E-state index < -0.39 is 0 Å². The zero-order valence-electron chi connectivity index (χ0n) is 12.4. The van der Waals surface area contributed by atoms with Crippen molar-refractivity contribution in [3.63, 3.8) is 0 Å². The first kappa shape index (κ1) is 14.6. The number of nitrogens with two attached hydrogens (primary N) is 1. The van der Waals surface area contributed by atoms with Crippen LogP contribution in [-0.4, -0.2) is 19.5 Å². The molecule has 2 aromatic heterocycles. The molecule has 0 saturated heterocycles. The number of hydrogen-bond donors (Lipinski definition) is 2. The zero-order valence-corrected chi connectivity index (χ0v) is 13.2. The van der Waals surface area contributed by atoms with Gasteiger partial charge >= 0.3 is 0 Å². The first-order valence-electron chi connectivity index (χ1n) is 7.03. The molecule has 0 fully saturated rings. The van der Waals surface area contributed by atoms with Gasteiger partial charge in [-0.05, 0) is 43.1 Å². The van der Waals surface area contributed by atoms with Crippen LogP contribution >= 0.6 is 11.6 Å². The Balaban J connectivity index is 1.93. The molecule has 0 aliphatic heterocycles. The standard InChI is InChI=1S/C15H17ClN6/c1-9(2)22-8-19-12-13(20-15(16)21-14(12)22)18-7-10-4-3-5-11(17)6-10/h3-6,8-9H,7,17H2,1-2H3,(H,18,20,21). The van der Waals surface area contributed by atoms with Crippen molar-refractivity contribution in [3.8, 4) is 0 Å². The maximum atomic E-state index is 6.04. The van der Waals surface area contributed by atoms with Crippen LogP contribution in [0.5, 0.6) is 0 Å². The maximum Gasteiger partial charge on any atom is 0.226 e. The topological polar surface area (TPSA) is 81.7 Å². The molecule has 114 valence electrons. The summed E-state index contributed by atoms with van der Waals surface area (Å²) in [5.41, 5.74) is 9.02. The third-order valence-corrected chi connectivity index (χ3v) is 3.53. The summed E-state index contributed by atoms with van der Waals surface area (Å²) in [6.45, 7) is 4.72. The van der Waals surface area contributed by atoms with Crippen LogP contribution in [0.3, 0.4) is 0 Å². The van der Waals surface area contributed by atoms with Gasteiger partial charge in [-0.1, -0.05) is 12.1 Å². The molecule has 0 atom stereocenters. The number of benzene rings is 1. The van der Waals surface area contributed by atoms with Crippen molar-refractivity contribution in [1.82, 2.24) is 19.5 Å². The first-order valence-corrected chi connectivity index (χ1v) is 7.41. The largest absolute Gasteiger partial charge is 0.399 e. The van der Waals surface area contributed by atoms with Crippen LogP contribution in [0.1, 0.15) is 25.5 Å². The minimum absolute atomic E-state index is 0.199. The Morgan fingerprint density at radius 2 is 2.14 bits per heavy atom. The molecule has 0 radical (unpaired) electrons. The van der Waals surface area contributed by atoms with Gasteiger partial charge in [0.25, 0.3) is 0 Å². The molecule has 3 rings (SSSR count). The minimum Gasteiger partial charge on any atom is -0.399 e. The van der Waals surface area contributed by atoms with Crippen LogP contribution in [0.2, 0.25) is 5.28 Å². The lowest BCUT2D eigenvalue weighted by atomic mass is 10.2. The predicted molar refractivity (Wildman–Crippen MR) is 88.9 cm³/mol. The fourth-order valence-corrected chi connectivity index (χ4v) is 2.44. The lowest BCUT2D eigenvalue weighted by molar-refractivity contribution is 0.612. The van der Waals surface area contributed by atoms with Gasteiger partial charge in [-0.3, -0.25) is 0 Å². The molecule has 0 bridgehead atoms. The first-order chi connectivity index (χ1) is 10.5. The molecule has 3 aromatic rings. The number of halogens is 1. The van der Waals surface area contributed by atoms with E-state index in [4.69, 9.17) is 17.3 Å². The normalized spacial score (nSPS) is 11.3. The Labute approximate surface area is 133 Å². The van der Waals surface area contributed by atoms with E-state index in [1.54, 1.807) is 6.33 Å². The number of nitrogen functional groups attached to an aromatic ring is 1. The summed E-state index contributed by atoms with van der Waals surface area (Å²) in [4.78, 5) is 12.9. The number of nitrogens with zero attached hydrogens (tertiary/aromatic N) is 4. The Bertz CT molecular complexity index is 811. The van der Waals surface area contributed by atoms with Crippen molar-refractivity contribution in [1.29, 1.82) is 0 Å². The third-order valence-electron chi connectivity index (χ3n) is 3.36. The van der Waals surface area contributed by atoms with Gasteiger partial charge in [-0.2, -0.15) is 9.97 Å². The molecule has 0 aliphatic rings. The van der Waals surface area contributed by atoms with Crippen LogP contribution in [-0.2, 0) is 6.54 Å². The van der Waals surface area contributed by atoms with Gasteiger partial charge in [0.1, 0.15) is 0 Å². The summed E-state index contributed by atoms with van der Waals surface area (Å²) in [5, 5.41) is 3.46. The Kier molecular flexibility index (Phi) is 3.85. The van der Waals surface area contributed by atoms with Crippen LogP contribution in [0.15, 0.2) is 30.6 Å². The van der Waals surface area contributed by atoms with E-state index in [-0.39, 0.29) is 11.3 Å². The maximum absolute atomic E-state index is 6.04. The number of rotatable bonds is 4. The molecule has 7 heteroatoms. The quantitative estimate of drug-likeness (QED) is 0.570. The van der Waals surface area contributed by atoms with Gasteiger partial charge in [0.15, 0.2) is 17.0 Å². The minimum atomic E-state index is 0.199. The molecule has 2 heterocycles. The van der Waals surface area contributed by atoms with E-state index in [9.17, 15) is 0 Å². The molecule has 3 N–H and O–H groups in total. The fourth-order valence-electron chi connectivity index (χ4n) is 2.28. The lowest BCUT2D eigenvalue weighted by Crippen LogP contribution is -2.05. The highest BCUT2D eigenvalue weighted by molar-refractivity contribution is 6.28. The number of nitrogens with one attached hydrogen (secondary N) is 1. The molecule has 22 heavy (non-hydrogen) atoms. The number of aromatic nitrogens is 4. The van der Waals surface area contributed by atoms with Crippen molar-refractivity contribution < 1.29 is 0 Å². The average Bonchev–Trinajstić information content (AvgIpc) is 2.88. The van der Waals surface area contributed by atoms with Gasteiger partial charge in [0, 0.05) is 18.3 Å². The number of fused-ring (bicyclic) bond motifs is 1. The van der Waals surface area contributed by atoms with Crippen molar-refractivity contribution in [2.75, 3.05) is 11.1 Å². The van der Waals surface area contributed by atoms with E-state index in [1.165, 1.54) is 0 Å². The van der Waals surface area contributed by atoms with E-state index >= 15 is 0 Å². The Hall–Kier alpha value is -2.34. The number of imidazole rings is 1. The fraction of sp³-hybridized carbons (Fsp3) is 0.267. The molecule has 0 unspecified atom stereocenters. The highest BCUT2D eigenvalue weighted by Gasteiger charge is 2.13. The third kappa shape index (κ3) is 2.82. The molecule has 1 aromatic carbocycles. The SMILES string of the molecule is CC(C)n1cnc2c(NCc3cccc(N)c3)nc(Cl)nc21. The zero-order chi connectivity index (χ0) is 15.7. The molecular formula is C15H17ClN6. The summed E-state index contributed by atoms with van der Waals surface area (Å²) in [7, 11) is 0. The van der Waals surface area contributed by atoms with E-state index in [0.29, 0.717) is 17.9 Å². The molecule has 0 spiro atoms. The van der Waals surface area contributed by atoms with Gasteiger partial charge < -0.3 is 15.6 Å². The van der Waals surface area contributed by atoms with Crippen molar-refractivity contribution in [2.45, 2.75) is 26.4 Å². The van der Waals surface area contributed by atoms with Gasteiger partial charge in [-0.25, -0.2) is 4.98 Å². The smallest absolute Gasteiger partial charge is 0.226 e. The van der Waals surface area contributed by atoms with Crippen LogP contribution < -0.4 is 11.1 Å². The summed E-state index contributed by atoms with van der Waals surface area (Å²) >= 11 is 6.04. The van der Waals surface area contributed by atoms with Gasteiger partial charge in [0.2, 0.25) is 5.28 Å². The van der Waals surface area contributed by atoms with Crippen LogP contribution in [0, 0.1) is 0 Å². The van der Waals surface area contributed by atoms with Crippen molar-refractivity contribution in [3.05, 3.63) is 41.4 Å². The van der Waals surface area contributed by atoms with E-state index in [1.807, 2.05) is 28.8 Å². The molecule has 0 saturated carbocycles. The molecular weight excluding hydrogens is 300 g/mol. The van der Waals surface area contributed by atoms with Crippen molar-refractivity contribution >= 4 is 34.3 Å². The predicted octanol–water partition coefficient (Wildman–Crippen LogP) is 3.25. The van der Waals surface area contributed by atoms with E-state index in [2.05, 4.69) is 34.1 Å². The monoisotopic (exact) mass is 316 g/mol. The molecule has 0 aliphatic carbocycles. The number of anilines is 2. The molecule has 6 nitrogen and oxygen atoms in total. The van der Waals surface area contributed by atoms with Crippen molar-refractivity contribution in [2.24, 2.45) is 0 Å². The average molecular weight is 317 g/mol. The summed E-state index contributed by atoms with van der Waals surface area (Å²) in [6, 6.07) is 7.93. The summed E-state index contributed by atoms with van der Waals surface area (Å²) in [5.74, 6) is 0.622. The summed E-state index contributed by atoms with van der Waals surface area (Å²) < 4.78 is 1.97. The highest BCUT2D eigenvalue weighted by Crippen LogP contribution is 2.23. The van der Waals surface area contributed by atoms with E-state index in [0.717, 1.165) is 16.9 Å². The van der Waals surface area contributed by atoms with Gasteiger partial charge in [0.05, 0.1) is 6.33 Å². The highest BCUT2D eigenvalue weighted by atomic mass is 35.5.